The van der Waals surface area contributed by atoms with Crippen molar-refractivity contribution in [3.63, 3.8) is 0 Å². The van der Waals surface area contributed by atoms with Crippen molar-refractivity contribution in [2.75, 3.05) is 6.54 Å². The number of hydrogen-bond donors (Lipinski definition) is 2. The fraction of sp³-hybridized carbons (Fsp3) is 0.238. The second-order valence-corrected chi connectivity index (χ2v) is 7.96. The molecule has 0 aromatic heterocycles. The zero-order valence-corrected chi connectivity index (χ0v) is 18.7. The molecule has 0 bridgehead atoms. The molecule has 1 saturated heterocycles. The summed E-state index contributed by atoms with van der Waals surface area (Å²) in [6, 6.07) is 15.3. The minimum atomic E-state index is -0.910. The van der Waals surface area contributed by atoms with Crippen LogP contribution < -0.4 is 10.7 Å². The number of rotatable bonds is 7. The summed E-state index contributed by atoms with van der Waals surface area (Å²) >= 11 is 8.83. The highest BCUT2D eigenvalue weighted by Crippen LogP contribution is 2.22. The first-order valence-electron chi connectivity index (χ1n) is 9.42. The lowest BCUT2D eigenvalue weighted by Crippen LogP contribution is -2.50. The van der Waals surface area contributed by atoms with Crippen molar-refractivity contribution in [3.05, 3.63) is 70.2 Å². The standard InChI is InChI=1S/C21H21BrN4O3S/c1-2-23-18(27)12-17-20(29)25(13-14-6-4-3-5-7-14)21(30)26(17)24-19(28)15-8-10-16(22)11-9-15/h3-11,17H,2,12-13H2,1H3,(H,23,27)(H,24,28)/t17-/m1/s1. The average Bonchev–Trinajstić information content (AvgIpc) is 2.94. The molecule has 30 heavy (non-hydrogen) atoms. The fourth-order valence-electron chi connectivity index (χ4n) is 3.08. The Morgan fingerprint density at radius 1 is 1.10 bits per heavy atom. The van der Waals surface area contributed by atoms with E-state index in [2.05, 4.69) is 26.7 Å². The first kappa shape index (κ1) is 21.9. The highest BCUT2D eigenvalue weighted by atomic mass is 79.9. The quantitative estimate of drug-likeness (QED) is 0.585. The molecule has 9 heteroatoms. The predicted octanol–water partition coefficient (Wildman–Crippen LogP) is 2.62. The van der Waals surface area contributed by atoms with Crippen molar-refractivity contribution in [1.29, 1.82) is 0 Å². The molecule has 2 N–H and O–H groups in total. The monoisotopic (exact) mass is 488 g/mol. The number of hydrazine groups is 1. The van der Waals surface area contributed by atoms with Crippen LogP contribution in [0.15, 0.2) is 59.1 Å². The molecule has 0 saturated carbocycles. The van der Waals surface area contributed by atoms with Crippen LogP contribution in [0.5, 0.6) is 0 Å². The van der Waals surface area contributed by atoms with E-state index in [9.17, 15) is 14.4 Å². The fourth-order valence-corrected chi connectivity index (χ4v) is 3.68. The van der Waals surface area contributed by atoms with E-state index in [0.717, 1.165) is 10.0 Å². The summed E-state index contributed by atoms with van der Waals surface area (Å²) in [6.07, 6.45) is -0.112. The van der Waals surface area contributed by atoms with Gasteiger partial charge in [-0.25, -0.2) is 5.01 Å². The van der Waals surface area contributed by atoms with Crippen molar-refractivity contribution in [2.45, 2.75) is 25.9 Å². The smallest absolute Gasteiger partial charge is 0.269 e. The molecule has 0 radical (unpaired) electrons. The third-order valence-electron chi connectivity index (χ3n) is 4.56. The highest BCUT2D eigenvalue weighted by molar-refractivity contribution is 9.10. The molecular weight excluding hydrogens is 468 g/mol. The third kappa shape index (κ3) is 5.03. The summed E-state index contributed by atoms with van der Waals surface area (Å²) in [4.78, 5) is 39.4. The molecule has 1 heterocycles. The molecule has 2 aromatic rings. The summed E-state index contributed by atoms with van der Waals surface area (Å²) in [7, 11) is 0. The average molecular weight is 489 g/mol. The van der Waals surface area contributed by atoms with Crippen molar-refractivity contribution in [3.8, 4) is 0 Å². The van der Waals surface area contributed by atoms with Crippen molar-refractivity contribution in [1.82, 2.24) is 20.7 Å². The molecule has 1 aliphatic heterocycles. The Labute approximate surface area is 188 Å². The highest BCUT2D eigenvalue weighted by Gasteiger charge is 2.44. The van der Waals surface area contributed by atoms with E-state index in [-0.39, 0.29) is 29.9 Å². The van der Waals surface area contributed by atoms with Crippen LogP contribution in [0.1, 0.15) is 29.3 Å². The Bertz CT molecular complexity index is 952. The molecule has 3 amide bonds. The van der Waals surface area contributed by atoms with Gasteiger partial charge in [0.2, 0.25) is 5.91 Å². The van der Waals surface area contributed by atoms with E-state index in [1.54, 1.807) is 31.2 Å². The number of amides is 3. The van der Waals surface area contributed by atoms with Crippen LogP contribution in [0, 0.1) is 0 Å². The summed E-state index contributed by atoms with van der Waals surface area (Å²) < 4.78 is 0.842. The van der Waals surface area contributed by atoms with Crippen LogP contribution in [-0.4, -0.2) is 45.3 Å². The van der Waals surface area contributed by atoms with Gasteiger partial charge in [-0.1, -0.05) is 46.3 Å². The lowest BCUT2D eigenvalue weighted by molar-refractivity contribution is -0.132. The number of carbonyl (C=O) groups excluding carboxylic acids is 3. The van der Waals surface area contributed by atoms with Crippen LogP contribution in [-0.2, 0) is 16.1 Å². The van der Waals surface area contributed by atoms with Crippen LogP contribution in [0.25, 0.3) is 0 Å². The lowest BCUT2D eigenvalue weighted by Gasteiger charge is -2.24. The Balaban J connectivity index is 1.83. The van der Waals surface area contributed by atoms with Gasteiger partial charge in [0.1, 0.15) is 6.04 Å². The molecule has 1 aliphatic rings. The van der Waals surface area contributed by atoms with E-state index >= 15 is 0 Å². The van der Waals surface area contributed by atoms with E-state index in [4.69, 9.17) is 12.2 Å². The van der Waals surface area contributed by atoms with Gasteiger partial charge in [0.05, 0.1) is 13.0 Å². The summed E-state index contributed by atoms with van der Waals surface area (Å²) in [5.74, 6) is -1.03. The molecule has 1 atom stereocenters. The van der Waals surface area contributed by atoms with Gasteiger partial charge >= 0.3 is 0 Å². The molecule has 0 spiro atoms. The van der Waals surface area contributed by atoms with Crippen LogP contribution >= 0.6 is 28.1 Å². The maximum absolute atomic E-state index is 13.1. The molecule has 7 nitrogen and oxygen atoms in total. The van der Waals surface area contributed by atoms with Gasteiger partial charge < -0.3 is 5.32 Å². The van der Waals surface area contributed by atoms with Crippen molar-refractivity contribution >= 4 is 51.0 Å². The first-order chi connectivity index (χ1) is 14.4. The Morgan fingerprint density at radius 2 is 1.77 bits per heavy atom. The van der Waals surface area contributed by atoms with E-state index in [1.165, 1.54) is 9.91 Å². The number of thiocarbonyl (C=S) groups is 1. The summed E-state index contributed by atoms with van der Waals surface area (Å²) in [5.41, 5.74) is 4.01. The van der Waals surface area contributed by atoms with E-state index in [1.807, 2.05) is 30.3 Å². The first-order valence-corrected chi connectivity index (χ1v) is 10.6. The normalized spacial score (nSPS) is 16.0. The minimum Gasteiger partial charge on any atom is -0.356 e. The van der Waals surface area contributed by atoms with Crippen LogP contribution in [0.4, 0.5) is 0 Å². The Kier molecular flexibility index (Phi) is 7.17. The van der Waals surface area contributed by atoms with Gasteiger partial charge in [-0.3, -0.25) is 24.7 Å². The zero-order valence-electron chi connectivity index (χ0n) is 16.3. The van der Waals surface area contributed by atoms with E-state index < -0.39 is 11.9 Å². The van der Waals surface area contributed by atoms with Crippen molar-refractivity contribution < 1.29 is 14.4 Å². The molecule has 3 rings (SSSR count). The summed E-state index contributed by atoms with van der Waals surface area (Å²) in [6.45, 7) is 2.51. The molecule has 156 valence electrons. The summed E-state index contributed by atoms with van der Waals surface area (Å²) in [5, 5.41) is 4.16. The second kappa shape index (κ2) is 9.82. The Morgan fingerprint density at radius 3 is 2.40 bits per heavy atom. The number of benzene rings is 2. The maximum Gasteiger partial charge on any atom is 0.269 e. The third-order valence-corrected chi connectivity index (χ3v) is 5.51. The molecule has 0 aliphatic carbocycles. The van der Waals surface area contributed by atoms with E-state index in [0.29, 0.717) is 12.1 Å². The topological polar surface area (TPSA) is 81.8 Å². The number of halogens is 1. The van der Waals surface area contributed by atoms with Gasteiger partial charge in [-0.05, 0) is 49.0 Å². The number of nitrogens with one attached hydrogen (secondary N) is 2. The van der Waals surface area contributed by atoms with Gasteiger partial charge in [0.15, 0.2) is 5.11 Å². The van der Waals surface area contributed by atoms with Crippen LogP contribution in [0.3, 0.4) is 0 Å². The maximum atomic E-state index is 13.1. The molecule has 0 unspecified atom stereocenters. The van der Waals surface area contributed by atoms with Gasteiger partial charge in [0, 0.05) is 16.6 Å². The van der Waals surface area contributed by atoms with Crippen molar-refractivity contribution in [2.24, 2.45) is 0 Å². The largest absolute Gasteiger partial charge is 0.356 e. The Hall–Kier alpha value is -2.78. The SMILES string of the molecule is CCNC(=O)C[C@@H]1C(=O)N(Cc2ccccc2)C(=S)N1NC(=O)c1ccc(Br)cc1. The number of hydrogen-bond acceptors (Lipinski definition) is 4. The molecule has 2 aromatic carbocycles. The zero-order chi connectivity index (χ0) is 21.7. The minimum absolute atomic E-state index is 0.112. The van der Waals surface area contributed by atoms with Gasteiger partial charge in [-0.2, -0.15) is 0 Å². The second-order valence-electron chi connectivity index (χ2n) is 6.68. The van der Waals surface area contributed by atoms with Gasteiger partial charge in [0.25, 0.3) is 11.8 Å². The van der Waals surface area contributed by atoms with Crippen LogP contribution in [0.2, 0.25) is 0 Å². The van der Waals surface area contributed by atoms with Gasteiger partial charge in [-0.15, -0.1) is 0 Å². The predicted molar refractivity (Wildman–Crippen MR) is 120 cm³/mol. The molecule has 1 fully saturated rings. The lowest BCUT2D eigenvalue weighted by atomic mass is 10.1. The molecular formula is C21H21BrN4O3S. The number of nitrogens with zero attached hydrogens (tertiary/aromatic N) is 2. The number of carbonyl (C=O) groups is 3.